The first-order chi connectivity index (χ1) is 12.2. The van der Waals surface area contributed by atoms with Crippen LogP contribution in [0.2, 0.25) is 0 Å². The summed E-state index contributed by atoms with van der Waals surface area (Å²) in [7, 11) is 3.24. The SMILES string of the molecule is COc1cc2ccc(CC(=O)NCc3ccccc3)cc2cc1OC. The molecule has 0 aromatic heterocycles. The molecule has 0 bridgehead atoms. The van der Waals surface area contributed by atoms with Gasteiger partial charge in [0.2, 0.25) is 5.91 Å². The first-order valence-electron chi connectivity index (χ1n) is 8.15. The van der Waals surface area contributed by atoms with Gasteiger partial charge in [-0.1, -0.05) is 48.5 Å². The highest BCUT2D eigenvalue weighted by molar-refractivity contribution is 5.88. The van der Waals surface area contributed by atoms with Crippen LogP contribution < -0.4 is 14.8 Å². The Morgan fingerprint density at radius 3 is 2.20 bits per heavy atom. The van der Waals surface area contributed by atoms with Gasteiger partial charge in [-0.2, -0.15) is 0 Å². The van der Waals surface area contributed by atoms with E-state index in [9.17, 15) is 4.79 Å². The molecule has 25 heavy (non-hydrogen) atoms. The molecule has 0 atom stereocenters. The molecule has 3 aromatic carbocycles. The van der Waals surface area contributed by atoms with Crippen molar-refractivity contribution >= 4 is 16.7 Å². The van der Waals surface area contributed by atoms with E-state index in [0.29, 0.717) is 24.5 Å². The van der Waals surface area contributed by atoms with Gasteiger partial charge in [0.25, 0.3) is 0 Å². The number of methoxy groups -OCH3 is 2. The number of benzene rings is 3. The second-order valence-corrected chi connectivity index (χ2v) is 5.83. The van der Waals surface area contributed by atoms with Gasteiger partial charge in [0.1, 0.15) is 0 Å². The molecular weight excluding hydrogens is 314 g/mol. The van der Waals surface area contributed by atoms with Crippen LogP contribution in [0.15, 0.2) is 60.7 Å². The monoisotopic (exact) mass is 335 g/mol. The van der Waals surface area contributed by atoms with Crippen LogP contribution >= 0.6 is 0 Å². The second kappa shape index (κ2) is 7.71. The second-order valence-electron chi connectivity index (χ2n) is 5.83. The molecule has 3 aromatic rings. The smallest absolute Gasteiger partial charge is 0.224 e. The van der Waals surface area contributed by atoms with Gasteiger partial charge in [-0.3, -0.25) is 4.79 Å². The Morgan fingerprint density at radius 2 is 1.52 bits per heavy atom. The lowest BCUT2D eigenvalue weighted by Crippen LogP contribution is -2.24. The highest BCUT2D eigenvalue weighted by Crippen LogP contribution is 2.32. The van der Waals surface area contributed by atoms with Crippen LogP contribution in [0.3, 0.4) is 0 Å². The maximum Gasteiger partial charge on any atom is 0.224 e. The van der Waals surface area contributed by atoms with Crippen LogP contribution in [0, 0.1) is 0 Å². The van der Waals surface area contributed by atoms with Gasteiger partial charge in [0.15, 0.2) is 11.5 Å². The molecule has 128 valence electrons. The molecule has 3 rings (SSSR count). The quantitative estimate of drug-likeness (QED) is 0.747. The highest BCUT2D eigenvalue weighted by atomic mass is 16.5. The number of amides is 1. The first-order valence-corrected chi connectivity index (χ1v) is 8.15. The van der Waals surface area contributed by atoms with Gasteiger partial charge in [-0.15, -0.1) is 0 Å². The third-order valence-corrected chi connectivity index (χ3v) is 4.10. The molecule has 0 fully saturated rings. The molecule has 0 heterocycles. The number of carbonyl (C=O) groups excluding carboxylic acids is 1. The number of ether oxygens (including phenoxy) is 2. The molecule has 4 heteroatoms. The highest BCUT2D eigenvalue weighted by Gasteiger charge is 2.08. The van der Waals surface area contributed by atoms with E-state index < -0.39 is 0 Å². The molecule has 0 unspecified atom stereocenters. The average molecular weight is 335 g/mol. The lowest BCUT2D eigenvalue weighted by atomic mass is 10.0. The van der Waals surface area contributed by atoms with Crippen molar-refractivity contribution in [3.8, 4) is 11.5 Å². The summed E-state index contributed by atoms with van der Waals surface area (Å²) in [4.78, 5) is 12.2. The van der Waals surface area contributed by atoms with Crippen molar-refractivity contribution in [1.29, 1.82) is 0 Å². The van der Waals surface area contributed by atoms with Crippen molar-refractivity contribution in [2.45, 2.75) is 13.0 Å². The maximum atomic E-state index is 12.2. The Kier molecular flexibility index (Phi) is 5.19. The summed E-state index contributed by atoms with van der Waals surface area (Å²) < 4.78 is 10.7. The fraction of sp³-hybridized carbons (Fsp3) is 0.190. The third kappa shape index (κ3) is 4.10. The normalized spacial score (nSPS) is 10.5. The minimum absolute atomic E-state index is 0.00341. The van der Waals surface area contributed by atoms with E-state index in [2.05, 4.69) is 5.32 Å². The summed E-state index contributed by atoms with van der Waals surface area (Å²) in [5.41, 5.74) is 2.05. The van der Waals surface area contributed by atoms with Crippen molar-refractivity contribution in [2.75, 3.05) is 14.2 Å². The zero-order chi connectivity index (χ0) is 17.6. The molecule has 1 N–H and O–H groups in total. The van der Waals surface area contributed by atoms with Gasteiger partial charge in [-0.05, 0) is 34.0 Å². The number of nitrogens with one attached hydrogen (secondary N) is 1. The molecule has 0 spiro atoms. The van der Waals surface area contributed by atoms with Crippen LogP contribution in [-0.4, -0.2) is 20.1 Å². The molecular formula is C21H21NO3. The first kappa shape index (κ1) is 16.8. The van der Waals surface area contributed by atoms with Crippen molar-refractivity contribution in [1.82, 2.24) is 5.32 Å². The van der Waals surface area contributed by atoms with Gasteiger partial charge >= 0.3 is 0 Å². The molecule has 0 aliphatic rings. The summed E-state index contributed by atoms with van der Waals surface area (Å²) in [5.74, 6) is 1.38. The summed E-state index contributed by atoms with van der Waals surface area (Å²) in [6, 6.07) is 19.7. The van der Waals surface area contributed by atoms with E-state index >= 15 is 0 Å². The van der Waals surface area contributed by atoms with Crippen LogP contribution in [0.4, 0.5) is 0 Å². The van der Waals surface area contributed by atoms with E-state index in [1.54, 1.807) is 14.2 Å². The Morgan fingerprint density at radius 1 is 0.840 bits per heavy atom. The molecule has 4 nitrogen and oxygen atoms in total. The standard InChI is InChI=1S/C21H21NO3/c1-24-19-12-17-9-8-16(10-18(17)13-20(19)25-2)11-21(23)22-14-15-6-4-3-5-7-15/h3-10,12-13H,11,14H2,1-2H3,(H,22,23). The van der Waals surface area contributed by atoms with E-state index in [-0.39, 0.29) is 5.91 Å². The van der Waals surface area contributed by atoms with Crippen molar-refractivity contribution < 1.29 is 14.3 Å². The molecule has 0 aliphatic carbocycles. The van der Waals surface area contributed by atoms with Gasteiger partial charge in [0, 0.05) is 6.54 Å². The van der Waals surface area contributed by atoms with E-state index in [0.717, 1.165) is 21.9 Å². The Hall–Kier alpha value is -3.01. The predicted molar refractivity (Wildman–Crippen MR) is 99.0 cm³/mol. The van der Waals surface area contributed by atoms with Crippen LogP contribution in [0.25, 0.3) is 10.8 Å². The summed E-state index contributed by atoms with van der Waals surface area (Å²) in [6.07, 6.45) is 0.344. The Balaban J connectivity index is 1.71. The average Bonchev–Trinajstić information content (AvgIpc) is 2.66. The van der Waals surface area contributed by atoms with Crippen LogP contribution in [-0.2, 0) is 17.8 Å². The number of rotatable bonds is 6. The Labute approximate surface area is 147 Å². The topological polar surface area (TPSA) is 47.6 Å². The minimum Gasteiger partial charge on any atom is -0.493 e. The van der Waals surface area contributed by atoms with Gasteiger partial charge in [0.05, 0.1) is 20.6 Å². The zero-order valence-electron chi connectivity index (χ0n) is 14.4. The number of fused-ring (bicyclic) bond motifs is 1. The molecule has 1 amide bonds. The lowest BCUT2D eigenvalue weighted by molar-refractivity contribution is -0.120. The molecule has 0 radical (unpaired) electrons. The van der Waals surface area contributed by atoms with E-state index in [1.807, 2.05) is 60.7 Å². The van der Waals surface area contributed by atoms with Crippen molar-refractivity contribution in [2.24, 2.45) is 0 Å². The lowest BCUT2D eigenvalue weighted by Gasteiger charge is -2.10. The van der Waals surface area contributed by atoms with Crippen molar-refractivity contribution in [3.63, 3.8) is 0 Å². The van der Waals surface area contributed by atoms with Crippen LogP contribution in [0.1, 0.15) is 11.1 Å². The van der Waals surface area contributed by atoms with Gasteiger partial charge < -0.3 is 14.8 Å². The summed E-state index contributed by atoms with van der Waals surface area (Å²) in [5, 5.41) is 5.02. The number of hydrogen-bond acceptors (Lipinski definition) is 3. The fourth-order valence-electron chi connectivity index (χ4n) is 2.78. The third-order valence-electron chi connectivity index (χ3n) is 4.10. The molecule has 0 aliphatic heterocycles. The molecule has 0 saturated heterocycles. The zero-order valence-corrected chi connectivity index (χ0v) is 14.4. The molecule has 0 saturated carbocycles. The summed E-state index contributed by atoms with van der Waals surface area (Å²) >= 11 is 0. The maximum absolute atomic E-state index is 12.2. The largest absolute Gasteiger partial charge is 0.493 e. The Bertz CT molecular complexity index is 875. The fourth-order valence-corrected chi connectivity index (χ4v) is 2.78. The van der Waals surface area contributed by atoms with Crippen LogP contribution in [0.5, 0.6) is 11.5 Å². The number of carbonyl (C=O) groups is 1. The van der Waals surface area contributed by atoms with E-state index in [4.69, 9.17) is 9.47 Å². The minimum atomic E-state index is 0.00341. The van der Waals surface area contributed by atoms with E-state index in [1.165, 1.54) is 0 Å². The predicted octanol–water partition coefficient (Wildman–Crippen LogP) is 3.72. The number of hydrogen-bond donors (Lipinski definition) is 1. The van der Waals surface area contributed by atoms with Gasteiger partial charge in [-0.25, -0.2) is 0 Å². The van der Waals surface area contributed by atoms with Crippen molar-refractivity contribution in [3.05, 3.63) is 71.8 Å². The summed E-state index contributed by atoms with van der Waals surface area (Å²) in [6.45, 7) is 0.540.